The molecule has 0 radical (unpaired) electrons. The van der Waals surface area contributed by atoms with Gasteiger partial charge in [0, 0.05) is 6.07 Å². The smallest absolute Gasteiger partial charge is 0.335 e. The van der Waals surface area contributed by atoms with Crippen LogP contribution < -0.4 is 9.47 Å². The van der Waals surface area contributed by atoms with E-state index >= 15 is 0 Å². The minimum absolute atomic E-state index is 0.136. The van der Waals surface area contributed by atoms with E-state index in [-0.39, 0.29) is 5.56 Å². The summed E-state index contributed by atoms with van der Waals surface area (Å²) in [5, 5.41) is 9.12. The standard InChI is InChI=1S/C26H18N2O5/c29-26(30)18-9-11-22-24(13-18)33-25(28-22)23-12-10-21(15-27-23)32-20-8-4-7-19(14-20)31-16-17-5-2-1-3-6-17/h1-15H,16H2,(H,29,30). The number of hydrogen-bond acceptors (Lipinski definition) is 6. The van der Waals surface area contributed by atoms with Gasteiger partial charge in [-0.3, -0.25) is 0 Å². The van der Waals surface area contributed by atoms with Crippen LogP contribution in [0.15, 0.2) is 95.5 Å². The van der Waals surface area contributed by atoms with Crippen molar-refractivity contribution in [2.24, 2.45) is 0 Å². The van der Waals surface area contributed by atoms with Crippen molar-refractivity contribution in [2.45, 2.75) is 6.61 Å². The van der Waals surface area contributed by atoms with Gasteiger partial charge >= 0.3 is 5.97 Å². The van der Waals surface area contributed by atoms with E-state index in [9.17, 15) is 4.79 Å². The van der Waals surface area contributed by atoms with Crippen LogP contribution in [0, 0.1) is 0 Å². The SMILES string of the molecule is O=C(O)c1ccc2nc(-c3ccc(Oc4cccc(OCc5ccccc5)c4)cn3)oc2c1. The van der Waals surface area contributed by atoms with Gasteiger partial charge in [-0.25, -0.2) is 14.8 Å². The summed E-state index contributed by atoms with van der Waals surface area (Å²) in [6.07, 6.45) is 1.57. The van der Waals surface area contributed by atoms with Crippen LogP contribution in [0.4, 0.5) is 0 Å². The van der Waals surface area contributed by atoms with Crippen LogP contribution in [0.1, 0.15) is 15.9 Å². The minimum atomic E-state index is -1.02. The highest BCUT2D eigenvalue weighted by Gasteiger charge is 2.12. The maximum Gasteiger partial charge on any atom is 0.335 e. The lowest BCUT2D eigenvalue weighted by atomic mass is 10.2. The van der Waals surface area contributed by atoms with Crippen molar-refractivity contribution in [1.29, 1.82) is 0 Å². The Bertz CT molecular complexity index is 1410. The lowest BCUT2D eigenvalue weighted by Crippen LogP contribution is -1.95. The van der Waals surface area contributed by atoms with Crippen LogP contribution >= 0.6 is 0 Å². The Kier molecular flexibility index (Phi) is 5.43. The second-order valence-corrected chi connectivity index (χ2v) is 7.24. The largest absolute Gasteiger partial charge is 0.489 e. The Morgan fingerprint density at radius 2 is 1.73 bits per heavy atom. The van der Waals surface area contributed by atoms with Crippen LogP contribution in [0.2, 0.25) is 0 Å². The Morgan fingerprint density at radius 3 is 2.52 bits per heavy atom. The molecule has 5 aromatic rings. The topological polar surface area (TPSA) is 94.7 Å². The highest BCUT2D eigenvalue weighted by molar-refractivity contribution is 5.92. The number of carboxylic acids is 1. The van der Waals surface area contributed by atoms with Gasteiger partial charge in [-0.05, 0) is 48.0 Å². The maximum absolute atomic E-state index is 11.1. The van der Waals surface area contributed by atoms with Crippen molar-refractivity contribution >= 4 is 17.1 Å². The molecule has 0 bridgehead atoms. The zero-order valence-corrected chi connectivity index (χ0v) is 17.3. The molecule has 7 nitrogen and oxygen atoms in total. The van der Waals surface area contributed by atoms with Gasteiger partial charge in [-0.1, -0.05) is 36.4 Å². The van der Waals surface area contributed by atoms with Crippen LogP contribution in [0.25, 0.3) is 22.7 Å². The minimum Gasteiger partial charge on any atom is -0.489 e. The molecular formula is C26H18N2O5. The van der Waals surface area contributed by atoms with E-state index < -0.39 is 5.97 Å². The van der Waals surface area contributed by atoms with E-state index in [0.29, 0.717) is 46.5 Å². The van der Waals surface area contributed by atoms with Gasteiger partial charge in [-0.2, -0.15) is 0 Å². The molecular weight excluding hydrogens is 420 g/mol. The van der Waals surface area contributed by atoms with Gasteiger partial charge in [0.05, 0.1) is 11.8 Å². The van der Waals surface area contributed by atoms with E-state index in [1.54, 1.807) is 24.4 Å². The number of rotatable bonds is 7. The first-order valence-corrected chi connectivity index (χ1v) is 10.2. The predicted molar refractivity (Wildman–Crippen MR) is 121 cm³/mol. The fourth-order valence-corrected chi connectivity index (χ4v) is 3.24. The predicted octanol–water partition coefficient (Wildman–Crippen LogP) is 5.96. The molecule has 0 saturated carbocycles. The molecule has 0 saturated heterocycles. The Morgan fingerprint density at radius 1 is 0.879 bits per heavy atom. The third-order valence-corrected chi connectivity index (χ3v) is 4.88. The van der Waals surface area contributed by atoms with Gasteiger partial charge in [0.2, 0.25) is 5.89 Å². The van der Waals surface area contributed by atoms with Crippen molar-refractivity contribution in [3.63, 3.8) is 0 Å². The van der Waals surface area contributed by atoms with Crippen molar-refractivity contribution in [2.75, 3.05) is 0 Å². The Balaban J connectivity index is 1.28. The third kappa shape index (κ3) is 4.67. The van der Waals surface area contributed by atoms with Gasteiger partial charge in [0.25, 0.3) is 0 Å². The summed E-state index contributed by atoms with van der Waals surface area (Å²) >= 11 is 0. The van der Waals surface area contributed by atoms with Crippen molar-refractivity contribution in [3.05, 3.63) is 102 Å². The molecule has 2 aromatic heterocycles. The van der Waals surface area contributed by atoms with Gasteiger partial charge in [0.1, 0.15) is 35.1 Å². The molecule has 33 heavy (non-hydrogen) atoms. The molecule has 162 valence electrons. The molecule has 0 fully saturated rings. The number of ether oxygens (including phenoxy) is 2. The quantitative estimate of drug-likeness (QED) is 0.335. The fraction of sp³-hybridized carbons (Fsp3) is 0.0385. The molecule has 0 aliphatic rings. The normalized spacial score (nSPS) is 10.8. The second-order valence-electron chi connectivity index (χ2n) is 7.24. The fourth-order valence-electron chi connectivity index (χ4n) is 3.24. The van der Waals surface area contributed by atoms with Crippen molar-refractivity contribution in [3.8, 4) is 28.8 Å². The summed E-state index contributed by atoms with van der Waals surface area (Å²) in [7, 11) is 0. The number of fused-ring (bicyclic) bond motifs is 1. The van der Waals surface area contributed by atoms with E-state index in [2.05, 4.69) is 9.97 Å². The summed E-state index contributed by atoms with van der Waals surface area (Å²) in [6, 6.07) is 25.4. The third-order valence-electron chi connectivity index (χ3n) is 4.88. The first-order valence-electron chi connectivity index (χ1n) is 10.2. The summed E-state index contributed by atoms with van der Waals surface area (Å²) in [5.41, 5.74) is 2.68. The number of aromatic carboxylic acids is 1. The molecule has 0 amide bonds. The molecule has 0 spiro atoms. The molecule has 0 aliphatic carbocycles. The number of hydrogen-bond donors (Lipinski definition) is 1. The lowest BCUT2D eigenvalue weighted by molar-refractivity contribution is 0.0697. The van der Waals surface area contributed by atoms with Gasteiger partial charge in [0.15, 0.2) is 5.58 Å². The number of nitrogens with zero attached hydrogens (tertiary/aromatic N) is 2. The summed E-state index contributed by atoms with van der Waals surface area (Å²) < 4.78 is 17.4. The molecule has 3 aromatic carbocycles. The molecule has 0 unspecified atom stereocenters. The van der Waals surface area contributed by atoms with Crippen molar-refractivity contribution in [1.82, 2.24) is 9.97 Å². The molecule has 5 rings (SSSR count). The Labute approximate surface area is 188 Å². The number of oxazole rings is 1. The van der Waals surface area contributed by atoms with Gasteiger partial charge in [-0.15, -0.1) is 0 Å². The Hall–Kier alpha value is -4.65. The number of carbonyl (C=O) groups is 1. The van der Waals surface area contributed by atoms with Crippen molar-refractivity contribution < 1.29 is 23.8 Å². The first-order chi connectivity index (χ1) is 16.1. The van der Waals surface area contributed by atoms with Crippen LogP contribution in [-0.4, -0.2) is 21.0 Å². The highest BCUT2D eigenvalue weighted by atomic mass is 16.5. The molecule has 0 aliphatic heterocycles. The summed E-state index contributed by atoms with van der Waals surface area (Å²) in [4.78, 5) is 19.9. The molecule has 1 N–H and O–H groups in total. The van der Waals surface area contributed by atoms with E-state index in [4.69, 9.17) is 19.0 Å². The average Bonchev–Trinajstić information content (AvgIpc) is 3.28. The zero-order chi connectivity index (χ0) is 22.6. The number of aromatic nitrogens is 2. The van der Waals surface area contributed by atoms with Crippen LogP contribution in [0.5, 0.6) is 17.2 Å². The highest BCUT2D eigenvalue weighted by Crippen LogP contribution is 2.28. The monoisotopic (exact) mass is 438 g/mol. The average molecular weight is 438 g/mol. The number of carboxylic acid groups (broad SMARTS) is 1. The van der Waals surface area contributed by atoms with E-state index in [1.807, 2.05) is 54.6 Å². The van der Waals surface area contributed by atoms with E-state index in [0.717, 1.165) is 5.56 Å². The van der Waals surface area contributed by atoms with Gasteiger partial charge < -0.3 is 19.0 Å². The van der Waals surface area contributed by atoms with E-state index in [1.165, 1.54) is 12.1 Å². The number of benzene rings is 3. The maximum atomic E-state index is 11.1. The number of pyridine rings is 1. The lowest BCUT2D eigenvalue weighted by Gasteiger charge is -2.09. The zero-order valence-electron chi connectivity index (χ0n) is 17.3. The molecule has 0 atom stereocenters. The molecule has 7 heteroatoms. The van der Waals surface area contributed by atoms with Crippen LogP contribution in [0.3, 0.4) is 0 Å². The summed E-state index contributed by atoms with van der Waals surface area (Å²) in [6.45, 7) is 0.471. The first kappa shape index (κ1) is 20.3. The second kappa shape index (κ2) is 8.84. The summed E-state index contributed by atoms with van der Waals surface area (Å²) in [5.74, 6) is 1.15. The van der Waals surface area contributed by atoms with Crippen LogP contribution in [-0.2, 0) is 6.61 Å². The molecule has 2 heterocycles.